The molecule has 224 valence electrons. The van der Waals surface area contributed by atoms with Crippen molar-refractivity contribution < 1.29 is 27.5 Å². The van der Waals surface area contributed by atoms with Crippen LogP contribution in [0.1, 0.15) is 47.1 Å². The monoisotopic (exact) mass is 591 g/mol. The third-order valence-electron chi connectivity index (χ3n) is 7.60. The standard InChI is InChI=1S/C32H32F3N5O3/c1-21-5-7-26(38-31(42)24-9-10-36-30(17-24)32(33,34)35)18-27(21)25-16-29(39-12-14-43-15-13-39)28(37-19-25)8-6-23-4-3-11-40(20-23)22(2)41/h5,7,9-10,16-19,23H,3-4,11-15,20H2,1-2H3,(H,38,42). The second-order valence-electron chi connectivity index (χ2n) is 10.7. The number of alkyl halides is 3. The zero-order valence-electron chi connectivity index (χ0n) is 24.0. The Bertz CT molecular complexity index is 1570. The first-order valence-electron chi connectivity index (χ1n) is 14.1. The molecule has 1 N–H and O–H groups in total. The first-order valence-corrected chi connectivity index (χ1v) is 14.1. The fourth-order valence-electron chi connectivity index (χ4n) is 5.23. The molecule has 2 amide bonds. The van der Waals surface area contributed by atoms with E-state index in [0.717, 1.165) is 54.0 Å². The van der Waals surface area contributed by atoms with Crippen molar-refractivity contribution in [1.82, 2.24) is 14.9 Å². The normalized spacial score (nSPS) is 17.2. The predicted molar refractivity (Wildman–Crippen MR) is 156 cm³/mol. The van der Waals surface area contributed by atoms with Gasteiger partial charge >= 0.3 is 6.18 Å². The van der Waals surface area contributed by atoms with Gasteiger partial charge in [-0.15, -0.1) is 0 Å². The van der Waals surface area contributed by atoms with Gasteiger partial charge in [0.15, 0.2) is 0 Å². The molecule has 2 aromatic heterocycles. The Hall–Kier alpha value is -4.43. The smallest absolute Gasteiger partial charge is 0.378 e. The molecule has 0 radical (unpaired) electrons. The van der Waals surface area contributed by atoms with Crippen LogP contribution in [0.4, 0.5) is 24.5 Å². The average molecular weight is 592 g/mol. The first kappa shape index (κ1) is 30.0. The third kappa shape index (κ3) is 7.32. The molecule has 2 aliphatic heterocycles. The van der Waals surface area contributed by atoms with Crippen molar-refractivity contribution in [3.8, 4) is 23.0 Å². The van der Waals surface area contributed by atoms with E-state index in [1.165, 1.54) is 6.07 Å². The Morgan fingerprint density at radius 2 is 1.86 bits per heavy atom. The molecule has 1 unspecified atom stereocenters. The second kappa shape index (κ2) is 12.8. The number of aryl methyl sites for hydroxylation is 1. The number of benzene rings is 1. The zero-order valence-corrected chi connectivity index (χ0v) is 24.0. The number of likely N-dealkylation sites (tertiary alicyclic amines) is 1. The molecule has 0 spiro atoms. The second-order valence-corrected chi connectivity index (χ2v) is 10.7. The quantitative estimate of drug-likeness (QED) is 0.422. The summed E-state index contributed by atoms with van der Waals surface area (Å²) in [5.41, 5.74) is 3.23. The molecule has 0 bridgehead atoms. The van der Waals surface area contributed by atoms with E-state index in [0.29, 0.717) is 44.2 Å². The SMILES string of the molecule is CC(=O)N1CCCC(C#Cc2ncc(-c3cc(NC(=O)c4ccnc(C(F)(F)F)c4)ccc3C)cc2N2CCOCC2)C1. The van der Waals surface area contributed by atoms with Crippen LogP contribution in [0.15, 0.2) is 48.8 Å². The maximum Gasteiger partial charge on any atom is 0.433 e. The number of halogens is 3. The van der Waals surface area contributed by atoms with E-state index < -0.39 is 17.8 Å². The molecule has 3 aromatic rings. The van der Waals surface area contributed by atoms with Crippen molar-refractivity contribution in [2.24, 2.45) is 5.92 Å². The van der Waals surface area contributed by atoms with E-state index in [9.17, 15) is 22.8 Å². The molecule has 2 aliphatic rings. The number of amides is 2. The number of nitrogens with zero attached hydrogens (tertiary/aromatic N) is 4. The summed E-state index contributed by atoms with van der Waals surface area (Å²) in [6, 6.07) is 9.31. The summed E-state index contributed by atoms with van der Waals surface area (Å²) in [4.78, 5) is 36.8. The fourth-order valence-corrected chi connectivity index (χ4v) is 5.23. The fraction of sp³-hybridized carbons (Fsp3) is 0.375. The number of anilines is 2. The van der Waals surface area contributed by atoms with E-state index in [-0.39, 0.29) is 17.4 Å². The number of aromatic nitrogens is 2. The number of hydrogen-bond donors (Lipinski definition) is 1. The minimum Gasteiger partial charge on any atom is -0.378 e. The van der Waals surface area contributed by atoms with E-state index >= 15 is 0 Å². The van der Waals surface area contributed by atoms with Crippen molar-refractivity contribution in [2.45, 2.75) is 32.9 Å². The lowest BCUT2D eigenvalue weighted by molar-refractivity contribution is -0.141. The number of piperidine rings is 1. The summed E-state index contributed by atoms with van der Waals surface area (Å²) in [5.74, 6) is 6.09. The van der Waals surface area contributed by atoms with Gasteiger partial charge in [0.25, 0.3) is 5.91 Å². The molecule has 2 fully saturated rings. The molecule has 0 aliphatic carbocycles. The van der Waals surface area contributed by atoms with Crippen LogP contribution in [-0.2, 0) is 15.7 Å². The molecule has 4 heterocycles. The Balaban J connectivity index is 1.43. The van der Waals surface area contributed by atoms with Crippen molar-refractivity contribution in [3.05, 3.63) is 71.3 Å². The van der Waals surface area contributed by atoms with Gasteiger partial charge in [0.2, 0.25) is 5.91 Å². The third-order valence-corrected chi connectivity index (χ3v) is 7.60. The topological polar surface area (TPSA) is 87.7 Å². The van der Waals surface area contributed by atoms with Gasteiger partial charge in [-0.05, 0) is 67.1 Å². The average Bonchev–Trinajstić information content (AvgIpc) is 3.01. The number of ether oxygens (including phenoxy) is 1. The van der Waals surface area contributed by atoms with Crippen molar-refractivity contribution in [3.63, 3.8) is 0 Å². The van der Waals surface area contributed by atoms with Crippen LogP contribution < -0.4 is 10.2 Å². The number of pyridine rings is 2. The number of rotatable bonds is 4. The van der Waals surface area contributed by atoms with Gasteiger partial charge in [0.05, 0.1) is 18.9 Å². The van der Waals surface area contributed by atoms with E-state index in [1.807, 2.05) is 24.0 Å². The minimum absolute atomic E-state index is 0.0589. The summed E-state index contributed by atoms with van der Waals surface area (Å²) in [6.45, 7) is 7.42. The molecule has 1 atom stereocenters. The lowest BCUT2D eigenvalue weighted by Gasteiger charge is -2.30. The maximum absolute atomic E-state index is 13.1. The van der Waals surface area contributed by atoms with Crippen LogP contribution in [0.3, 0.4) is 0 Å². The van der Waals surface area contributed by atoms with Crippen molar-refractivity contribution in [1.29, 1.82) is 0 Å². The van der Waals surface area contributed by atoms with Gasteiger partial charge in [-0.3, -0.25) is 14.6 Å². The van der Waals surface area contributed by atoms with Crippen LogP contribution in [0.25, 0.3) is 11.1 Å². The number of morpholine rings is 1. The van der Waals surface area contributed by atoms with E-state index in [4.69, 9.17) is 9.72 Å². The molecular formula is C32H32F3N5O3. The Kier molecular flexibility index (Phi) is 8.97. The van der Waals surface area contributed by atoms with Gasteiger partial charge < -0.3 is 19.9 Å². The Morgan fingerprint density at radius 3 is 2.60 bits per heavy atom. The molecule has 43 heavy (non-hydrogen) atoms. The Morgan fingerprint density at radius 1 is 1.07 bits per heavy atom. The van der Waals surface area contributed by atoms with Crippen molar-refractivity contribution in [2.75, 3.05) is 49.6 Å². The van der Waals surface area contributed by atoms with Gasteiger partial charge in [-0.25, -0.2) is 4.98 Å². The van der Waals surface area contributed by atoms with Crippen molar-refractivity contribution >= 4 is 23.2 Å². The van der Waals surface area contributed by atoms with E-state index in [2.05, 4.69) is 27.0 Å². The molecule has 2 saturated heterocycles. The lowest BCUT2D eigenvalue weighted by Crippen LogP contribution is -2.38. The molecule has 11 heteroatoms. The molecule has 5 rings (SSSR count). The van der Waals surface area contributed by atoms with Gasteiger partial charge in [-0.2, -0.15) is 13.2 Å². The number of carbonyl (C=O) groups is 2. The highest BCUT2D eigenvalue weighted by molar-refractivity contribution is 6.04. The van der Waals surface area contributed by atoms with E-state index in [1.54, 1.807) is 25.3 Å². The molecule has 0 saturated carbocycles. The van der Waals surface area contributed by atoms with Gasteiger partial charge in [0.1, 0.15) is 11.4 Å². The van der Waals surface area contributed by atoms with Crippen LogP contribution in [-0.4, -0.2) is 66.1 Å². The summed E-state index contributed by atoms with van der Waals surface area (Å²) in [7, 11) is 0. The lowest BCUT2D eigenvalue weighted by atomic mass is 9.98. The van der Waals surface area contributed by atoms with Crippen LogP contribution in [0.5, 0.6) is 0 Å². The number of nitrogens with one attached hydrogen (secondary N) is 1. The highest BCUT2D eigenvalue weighted by atomic mass is 19.4. The highest BCUT2D eigenvalue weighted by Crippen LogP contribution is 2.32. The summed E-state index contributed by atoms with van der Waals surface area (Å²) < 4.78 is 44.8. The number of carbonyl (C=O) groups excluding carboxylic acids is 2. The zero-order chi connectivity index (χ0) is 30.6. The van der Waals surface area contributed by atoms with Gasteiger partial charge in [-0.1, -0.05) is 12.0 Å². The van der Waals surface area contributed by atoms with Crippen LogP contribution >= 0.6 is 0 Å². The predicted octanol–water partition coefficient (Wildman–Crippen LogP) is 5.17. The molecular weight excluding hydrogens is 559 g/mol. The van der Waals surface area contributed by atoms with Crippen LogP contribution in [0, 0.1) is 24.7 Å². The molecule has 1 aromatic carbocycles. The summed E-state index contributed by atoms with van der Waals surface area (Å²) >= 11 is 0. The minimum atomic E-state index is -4.65. The Labute approximate surface area is 248 Å². The largest absolute Gasteiger partial charge is 0.433 e. The highest BCUT2D eigenvalue weighted by Gasteiger charge is 2.33. The van der Waals surface area contributed by atoms with Gasteiger partial charge in [0, 0.05) is 68.2 Å². The first-order chi connectivity index (χ1) is 20.6. The maximum atomic E-state index is 13.1. The van der Waals surface area contributed by atoms with Crippen LogP contribution in [0.2, 0.25) is 0 Å². The molecule has 8 nitrogen and oxygen atoms in total. The number of hydrogen-bond acceptors (Lipinski definition) is 6. The summed E-state index contributed by atoms with van der Waals surface area (Å²) in [5, 5.41) is 2.70. The summed E-state index contributed by atoms with van der Waals surface area (Å²) in [6.07, 6.45) is -0.104.